The zero-order valence-corrected chi connectivity index (χ0v) is 22.8. The standard InChI is InChI=1S/C31H28FN7O3/c32-27-9-4-18(11-28-25-12-23(42-22-2-1-3-22)7-8-24(25)29(40)37-36-28)10-26(27)30(41)38-16-20-5-6-21(17-38)39(20)31-34-14-19(13-33)15-35-31/h4,7-10,12,14-15,20-22H,1-3,5-6,11,16-17H2,(H,37,40). The summed E-state index contributed by atoms with van der Waals surface area (Å²) in [6, 6.07) is 12.0. The normalized spacial score (nSPS) is 19.9. The largest absolute Gasteiger partial charge is 0.490 e. The maximum atomic E-state index is 15.1. The molecular formula is C31H28FN7O3. The van der Waals surface area contributed by atoms with Crippen LogP contribution in [0.25, 0.3) is 10.8 Å². The van der Waals surface area contributed by atoms with Crippen molar-refractivity contribution in [3.63, 3.8) is 0 Å². The van der Waals surface area contributed by atoms with E-state index in [9.17, 15) is 9.59 Å². The molecule has 2 saturated heterocycles. The van der Waals surface area contributed by atoms with E-state index in [0.29, 0.717) is 58.8 Å². The number of nitrogens with one attached hydrogen (secondary N) is 1. The first kappa shape index (κ1) is 26.1. The van der Waals surface area contributed by atoms with Gasteiger partial charge in [-0.3, -0.25) is 9.59 Å². The van der Waals surface area contributed by atoms with Gasteiger partial charge >= 0.3 is 0 Å². The first-order chi connectivity index (χ1) is 20.5. The molecule has 10 nitrogen and oxygen atoms in total. The van der Waals surface area contributed by atoms with Crippen LogP contribution in [0.5, 0.6) is 5.75 Å². The SMILES string of the molecule is N#Cc1cnc(N2C3CCC2CN(C(=O)c2cc(Cc4n[nH]c(=O)c5ccc(OC6CCC6)cc45)ccc2F)C3)nc1. The Morgan fingerprint density at radius 3 is 2.50 bits per heavy atom. The van der Waals surface area contributed by atoms with E-state index in [2.05, 4.69) is 25.1 Å². The number of benzene rings is 2. The molecule has 2 unspecified atom stereocenters. The Balaban J connectivity index is 1.12. The van der Waals surface area contributed by atoms with Crippen molar-refractivity contribution in [2.75, 3.05) is 18.0 Å². The second-order valence-electron chi connectivity index (χ2n) is 11.3. The van der Waals surface area contributed by atoms with E-state index in [0.717, 1.165) is 32.1 Å². The van der Waals surface area contributed by atoms with Crippen molar-refractivity contribution in [2.45, 2.75) is 56.7 Å². The molecule has 2 aromatic carbocycles. The van der Waals surface area contributed by atoms with Gasteiger partial charge in [0, 0.05) is 37.0 Å². The molecule has 1 aliphatic carbocycles. The summed E-state index contributed by atoms with van der Waals surface area (Å²) < 4.78 is 21.1. The summed E-state index contributed by atoms with van der Waals surface area (Å²) in [5.41, 5.74) is 1.43. The van der Waals surface area contributed by atoms with Gasteiger partial charge in [-0.1, -0.05) is 6.07 Å². The van der Waals surface area contributed by atoms with Gasteiger partial charge in [0.1, 0.15) is 17.6 Å². The van der Waals surface area contributed by atoms with E-state index in [-0.39, 0.29) is 35.2 Å². The van der Waals surface area contributed by atoms with Gasteiger partial charge in [0.15, 0.2) is 0 Å². The zero-order chi connectivity index (χ0) is 28.8. The molecular weight excluding hydrogens is 537 g/mol. The fraction of sp³-hybridized carbons (Fsp3) is 0.355. The molecule has 1 saturated carbocycles. The molecule has 42 heavy (non-hydrogen) atoms. The predicted octanol–water partition coefficient (Wildman–Crippen LogP) is 3.74. The van der Waals surface area contributed by atoms with Gasteiger partial charge in [0.25, 0.3) is 11.5 Å². The van der Waals surface area contributed by atoms with Crippen LogP contribution in [-0.2, 0) is 6.42 Å². The molecule has 2 aromatic heterocycles. The van der Waals surface area contributed by atoms with Gasteiger partial charge in [0.2, 0.25) is 5.95 Å². The molecule has 1 amide bonds. The fourth-order valence-electron chi connectivity index (χ4n) is 6.21. The van der Waals surface area contributed by atoms with Crippen molar-refractivity contribution >= 4 is 22.6 Å². The van der Waals surface area contributed by atoms with E-state index < -0.39 is 5.82 Å². The summed E-state index contributed by atoms with van der Waals surface area (Å²) in [5.74, 6) is 0.297. The van der Waals surface area contributed by atoms with E-state index in [1.165, 1.54) is 18.5 Å². The first-order valence-electron chi connectivity index (χ1n) is 14.2. The summed E-state index contributed by atoms with van der Waals surface area (Å²) in [4.78, 5) is 38.6. The van der Waals surface area contributed by atoms with Crippen LogP contribution >= 0.6 is 0 Å². The number of piperazine rings is 1. The molecule has 2 aliphatic heterocycles. The summed E-state index contributed by atoms with van der Waals surface area (Å²) in [7, 11) is 0. The molecule has 212 valence electrons. The highest BCUT2D eigenvalue weighted by atomic mass is 19.1. The minimum absolute atomic E-state index is 0.0118. The number of nitrogens with zero attached hydrogens (tertiary/aromatic N) is 6. The number of aromatic nitrogens is 4. The lowest BCUT2D eigenvalue weighted by Gasteiger charge is -2.41. The molecule has 2 bridgehead atoms. The molecule has 3 aliphatic rings. The van der Waals surface area contributed by atoms with E-state index in [4.69, 9.17) is 10.00 Å². The number of hydrogen-bond donors (Lipinski definition) is 1. The maximum Gasteiger partial charge on any atom is 0.272 e. The number of likely N-dealkylation sites (tertiary alicyclic amines) is 1. The molecule has 1 N–H and O–H groups in total. The maximum absolute atomic E-state index is 15.1. The van der Waals surface area contributed by atoms with Crippen LogP contribution in [0.2, 0.25) is 0 Å². The highest BCUT2D eigenvalue weighted by molar-refractivity contribution is 5.95. The minimum atomic E-state index is -0.579. The number of anilines is 1. The number of fused-ring (bicyclic) bond motifs is 3. The lowest BCUT2D eigenvalue weighted by molar-refractivity contribution is 0.0712. The van der Waals surface area contributed by atoms with Crippen molar-refractivity contribution < 1.29 is 13.9 Å². The van der Waals surface area contributed by atoms with Crippen molar-refractivity contribution in [3.05, 3.63) is 87.3 Å². The average molecular weight is 566 g/mol. The average Bonchev–Trinajstić information content (AvgIpc) is 3.25. The Morgan fingerprint density at radius 2 is 1.81 bits per heavy atom. The van der Waals surface area contributed by atoms with Crippen LogP contribution in [0.3, 0.4) is 0 Å². The van der Waals surface area contributed by atoms with Gasteiger partial charge in [-0.2, -0.15) is 10.4 Å². The molecule has 0 radical (unpaired) electrons. The molecule has 3 fully saturated rings. The number of carbonyl (C=O) groups excluding carboxylic acids is 1. The highest BCUT2D eigenvalue weighted by Crippen LogP contribution is 2.34. The highest BCUT2D eigenvalue weighted by Gasteiger charge is 2.43. The van der Waals surface area contributed by atoms with Crippen molar-refractivity contribution in [2.24, 2.45) is 0 Å². The van der Waals surface area contributed by atoms with Gasteiger partial charge in [-0.25, -0.2) is 19.5 Å². The minimum Gasteiger partial charge on any atom is -0.490 e. The van der Waals surface area contributed by atoms with Crippen LogP contribution in [0.1, 0.15) is 59.3 Å². The zero-order valence-electron chi connectivity index (χ0n) is 22.8. The number of halogens is 1. The Labute approximate surface area is 240 Å². The fourth-order valence-corrected chi connectivity index (χ4v) is 6.21. The Morgan fingerprint density at radius 1 is 1.05 bits per heavy atom. The number of aromatic amines is 1. The number of hydrogen-bond acceptors (Lipinski definition) is 8. The van der Waals surface area contributed by atoms with E-state index >= 15 is 4.39 Å². The van der Waals surface area contributed by atoms with Crippen LogP contribution < -0.4 is 15.2 Å². The van der Waals surface area contributed by atoms with Crippen LogP contribution in [0.15, 0.2) is 53.6 Å². The van der Waals surface area contributed by atoms with Gasteiger partial charge in [-0.05, 0) is 68.0 Å². The monoisotopic (exact) mass is 565 g/mol. The number of rotatable bonds is 6. The summed E-state index contributed by atoms with van der Waals surface area (Å²) in [5, 5.41) is 17.1. The predicted molar refractivity (Wildman–Crippen MR) is 152 cm³/mol. The summed E-state index contributed by atoms with van der Waals surface area (Å²) >= 11 is 0. The molecule has 7 rings (SSSR count). The molecule has 4 heterocycles. The number of ether oxygens (including phenoxy) is 1. The Bertz CT molecular complexity index is 1770. The second kappa shape index (κ2) is 10.5. The number of H-pyrrole nitrogens is 1. The smallest absolute Gasteiger partial charge is 0.272 e. The lowest BCUT2D eigenvalue weighted by atomic mass is 9.96. The summed E-state index contributed by atoms with van der Waals surface area (Å²) in [6.45, 7) is 0.858. The van der Waals surface area contributed by atoms with Gasteiger partial charge < -0.3 is 14.5 Å². The molecule has 11 heteroatoms. The Kier molecular flexibility index (Phi) is 6.53. The third-order valence-corrected chi connectivity index (χ3v) is 8.59. The van der Waals surface area contributed by atoms with Crippen molar-refractivity contribution in [1.29, 1.82) is 5.26 Å². The lowest BCUT2D eigenvalue weighted by Crippen LogP contribution is -2.56. The molecule has 0 spiro atoms. The Hall–Kier alpha value is -4.85. The van der Waals surface area contributed by atoms with Gasteiger partial charge in [-0.15, -0.1) is 0 Å². The number of amides is 1. The second-order valence-corrected chi connectivity index (χ2v) is 11.3. The van der Waals surface area contributed by atoms with E-state index in [1.807, 2.05) is 12.1 Å². The quantitative estimate of drug-likeness (QED) is 0.375. The topological polar surface area (TPSA) is 128 Å². The van der Waals surface area contributed by atoms with Crippen molar-refractivity contribution in [1.82, 2.24) is 25.1 Å². The third kappa shape index (κ3) is 4.72. The van der Waals surface area contributed by atoms with Crippen LogP contribution in [-0.4, -0.2) is 62.2 Å². The third-order valence-electron chi connectivity index (χ3n) is 8.59. The van der Waals surface area contributed by atoms with Crippen LogP contribution in [0, 0.1) is 17.1 Å². The van der Waals surface area contributed by atoms with Crippen molar-refractivity contribution in [3.8, 4) is 11.8 Å². The molecule has 4 aromatic rings. The summed E-state index contributed by atoms with van der Waals surface area (Å²) in [6.07, 6.45) is 8.44. The van der Waals surface area contributed by atoms with E-state index in [1.54, 1.807) is 29.2 Å². The molecule has 2 atom stereocenters. The van der Waals surface area contributed by atoms with Gasteiger partial charge in [0.05, 0.1) is 40.7 Å². The number of nitriles is 1. The number of carbonyl (C=O) groups is 1. The van der Waals surface area contributed by atoms with Crippen LogP contribution in [0.4, 0.5) is 10.3 Å². The first-order valence-corrected chi connectivity index (χ1v) is 14.2.